The number of carbonyl (C=O) groups excluding carboxylic acids is 1. The van der Waals surface area contributed by atoms with E-state index in [9.17, 15) is 31.1 Å². The molecule has 0 fully saturated rings. The maximum atomic E-state index is 12.4. The van der Waals surface area contributed by atoms with Gasteiger partial charge in [-0.05, 0) is 24.3 Å². The topological polar surface area (TPSA) is 47.2 Å². The number of aromatic nitrogens is 2. The zero-order valence-corrected chi connectivity index (χ0v) is 11.1. The van der Waals surface area contributed by atoms with E-state index in [1.165, 1.54) is 18.3 Å². The molecular weight excluding hydrogens is 328 g/mol. The lowest BCUT2D eigenvalue weighted by Gasteiger charge is -2.09. The van der Waals surface area contributed by atoms with Gasteiger partial charge in [0.05, 0.1) is 11.9 Å². The van der Waals surface area contributed by atoms with E-state index in [4.69, 9.17) is 0 Å². The Morgan fingerprint density at radius 3 is 2.26 bits per heavy atom. The van der Waals surface area contributed by atoms with Crippen LogP contribution in [0.1, 0.15) is 5.69 Å². The first-order valence-corrected chi connectivity index (χ1v) is 5.96. The Morgan fingerprint density at radius 2 is 1.74 bits per heavy atom. The van der Waals surface area contributed by atoms with E-state index >= 15 is 0 Å². The van der Waals surface area contributed by atoms with Crippen LogP contribution in [0.4, 0.5) is 26.3 Å². The van der Waals surface area contributed by atoms with Crippen molar-refractivity contribution in [1.82, 2.24) is 9.55 Å². The van der Waals surface area contributed by atoms with Gasteiger partial charge >= 0.3 is 18.3 Å². The number of amides is 1. The van der Waals surface area contributed by atoms with Gasteiger partial charge in [0, 0.05) is 6.20 Å². The van der Waals surface area contributed by atoms with Gasteiger partial charge in [0.25, 0.3) is 0 Å². The first-order valence-electron chi connectivity index (χ1n) is 5.96. The third-order valence-corrected chi connectivity index (χ3v) is 2.61. The van der Waals surface area contributed by atoms with Crippen molar-refractivity contribution in [3.63, 3.8) is 0 Å². The maximum absolute atomic E-state index is 12.4. The van der Waals surface area contributed by atoms with Gasteiger partial charge in [-0.1, -0.05) is 6.07 Å². The van der Waals surface area contributed by atoms with Gasteiger partial charge in [-0.15, -0.1) is 0 Å². The Labute approximate surface area is 124 Å². The zero-order chi connectivity index (χ0) is 17.3. The molecule has 2 rings (SSSR count). The van der Waals surface area contributed by atoms with Crippen molar-refractivity contribution in [2.45, 2.75) is 12.4 Å². The van der Waals surface area contributed by atoms with Crippen LogP contribution in [0.15, 0.2) is 47.7 Å². The van der Waals surface area contributed by atoms with Crippen LogP contribution in [0.2, 0.25) is 0 Å². The Morgan fingerprint density at radius 1 is 1.04 bits per heavy atom. The summed E-state index contributed by atoms with van der Waals surface area (Å²) < 4.78 is 75.1. The molecular formula is C13H7F6N3O. The lowest BCUT2D eigenvalue weighted by Crippen LogP contribution is -2.27. The number of nitrogens with zero attached hydrogens (tertiary/aromatic N) is 3. The molecule has 0 aliphatic carbocycles. The molecule has 0 unspecified atom stereocenters. The number of carbonyl (C=O) groups is 1. The summed E-state index contributed by atoms with van der Waals surface area (Å²) in [6, 6.07) is 5.53. The van der Waals surface area contributed by atoms with E-state index in [-0.39, 0.29) is 5.69 Å². The highest BCUT2D eigenvalue weighted by Crippen LogP contribution is 2.27. The SMILES string of the molecule is O=C(/N=c1\ccccn1-c1ccc(C(F)(F)F)nc1)C(F)(F)F. The summed E-state index contributed by atoms with van der Waals surface area (Å²) in [6.45, 7) is 0. The Balaban J connectivity index is 2.50. The molecule has 0 spiro atoms. The molecule has 0 N–H and O–H groups in total. The van der Waals surface area contributed by atoms with Crippen LogP contribution in [0.5, 0.6) is 0 Å². The molecule has 2 aromatic heterocycles. The fourth-order valence-corrected chi connectivity index (χ4v) is 1.61. The third kappa shape index (κ3) is 3.96. The van der Waals surface area contributed by atoms with Gasteiger partial charge in [0.1, 0.15) is 11.2 Å². The van der Waals surface area contributed by atoms with Gasteiger partial charge in [0.2, 0.25) is 0 Å². The summed E-state index contributed by atoms with van der Waals surface area (Å²) in [4.78, 5) is 17.1. The molecule has 0 saturated carbocycles. The molecule has 0 atom stereocenters. The quantitative estimate of drug-likeness (QED) is 0.753. The molecule has 0 bridgehead atoms. The van der Waals surface area contributed by atoms with Gasteiger partial charge in [-0.2, -0.15) is 31.3 Å². The number of halogens is 6. The molecule has 0 aliphatic rings. The maximum Gasteiger partial charge on any atom is 0.473 e. The van der Waals surface area contributed by atoms with Crippen LogP contribution in [0.25, 0.3) is 5.69 Å². The minimum Gasteiger partial charge on any atom is -0.300 e. The number of hydrogen-bond acceptors (Lipinski definition) is 2. The molecule has 4 nitrogen and oxygen atoms in total. The Kier molecular flexibility index (Phi) is 4.26. The Bertz CT molecular complexity index is 774. The largest absolute Gasteiger partial charge is 0.473 e. The van der Waals surface area contributed by atoms with E-state index in [0.717, 1.165) is 22.9 Å². The summed E-state index contributed by atoms with van der Waals surface area (Å²) in [7, 11) is 0. The highest BCUT2D eigenvalue weighted by Gasteiger charge is 2.38. The van der Waals surface area contributed by atoms with Crippen LogP contribution >= 0.6 is 0 Å². The average Bonchev–Trinajstić information content (AvgIpc) is 2.46. The normalized spacial score (nSPS) is 13.2. The number of alkyl halides is 6. The van der Waals surface area contributed by atoms with E-state index in [1.54, 1.807) is 0 Å². The van der Waals surface area contributed by atoms with Crippen LogP contribution in [-0.2, 0) is 11.0 Å². The highest BCUT2D eigenvalue weighted by atomic mass is 19.4. The predicted octanol–water partition coefficient (Wildman–Crippen LogP) is 2.88. The van der Waals surface area contributed by atoms with E-state index in [2.05, 4.69) is 9.98 Å². The Hall–Kier alpha value is -2.65. The molecule has 0 aliphatic heterocycles. The summed E-state index contributed by atoms with van der Waals surface area (Å²) in [6.07, 6.45) is -7.72. The fraction of sp³-hybridized carbons (Fsp3) is 0.154. The van der Waals surface area contributed by atoms with Crippen LogP contribution < -0.4 is 5.49 Å². The highest BCUT2D eigenvalue weighted by molar-refractivity contribution is 5.82. The summed E-state index contributed by atoms with van der Waals surface area (Å²) in [5, 5.41) is 0. The van der Waals surface area contributed by atoms with Crippen molar-refractivity contribution in [3.8, 4) is 5.69 Å². The third-order valence-electron chi connectivity index (χ3n) is 2.61. The smallest absolute Gasteiger partial charge is 0.300 e. The fourth-order valence-electron chi connectivity index (χ4n) is 1.61. The molecule has 10 heteroatoms. The van der Waals surface area contributed by atoms with Crippen molar-refractivity contribution in [2.24, 2.45) is 4.99 Å². The molecule has 2 aromatic rings. The van der Waals surface area contributed by atoms with E-state index < -0.39 is 29.4 Å². The van der Waals surface area contributed by atoms with Crippen molar-refractivity contribution >= 4 is 5.91 Å². The van der Waals surface area contributed by atoms with Crippen molar-refractivity contribution in [1.29, 1.82) is 0 Å². The zero-order valence-electron chi connectivity index (χ0n) is 11.1. The summed E-state index contributed by atoms with van der Waals surface area (Å²) >= 11 is 0. The molecule has 0 saturated heterocycles. The number of hydrogen-bond donors (Lipinski definition) is 0. The van der Waals surface area contributed by atoms with E-state index in [1.807, 2.05) is 0 Å². The second-order valence-electron chi connectivity index (χ2n) is 4.24. The van der Waals surface area contributed by atoms with Crippen LogP contribution in [0, 0.1) is 0 Å². The lowest BCUT2D eigenvalue weighted by atomic mass is 10.3. The first-order chi connectivity index (χ1) is 10.6. The predicted molar refractivity (Wildman–Crippen MR) is 65.2 cm³/mol. The molecule has 0 radical (unpaired) electrons. The first kappa shape index (κ1) is 16.7. The molecule has 1 amide bonds. The van der Waals surface area contributed by atoms with Crippen LogP contribution in [-0.4, -0.2) is 21.6 Å². The van der Waals surface area contributed by atoms with Gasteiger partial charge in [0.15, 0.2) is 0 Å². The van der Waals surface area contributed by atoms with Crippen molar-refractivity contribution < 1.29 is 31.1 Å². The number of pyridine rings is 2. The van der Waals surface area contributed by atoms with Gasteiger partial charge in [-0.3, -0.25) is 4.79 Å². The summed E-state index contributed by atoms with van der Waals surface area (Å²) in [5.41, 5.74) is -1.52. The average molecular weight is 335 g/mol. The number of rotatable bonds is 1. The van der Waals surface area contributed by atoms with Crippen molar-refractivity contribution in [2.75, 3.05) is 0 Å². The summed E-state index contributed by atoms with van der Waals surface area (Å²) in [5.74, 6) is -2.32. The lowest BCUT2D eigenvalue weighted by molar-refractivity contribution is -0.169. The van der Waals surface area contributed by atoms with Crippen molar-refractivity contribution in [3.05, 3.63) is 53.9 Å². The molecule has 0 aromatic carbocycles. The molecule has 2 heterocycles. The van der Waals surface area contributed by atoms with Crippen LogP contribution in [0.3, 0.4) is 0 Å². The van der Waals surface area contributed by atoms with E-state index in [0.29, 0.717) is 6.07 Å². The second-order valence-corrected chi connectivity index (χ2v) is 4.24. The second kappa shape index (κ2) is 5.86. The van der Waals surface area contributed by atoms with Gasteiger partial charge in [-0.25, -0.2) is 4.98 Å². The monoisotopic (exact) mass is 335 g/mol. The molecule has 23 heavy (non-hydrogen) atoms. The minimum absolute atomic E-state index is 0.0207. The van der Waals surface area contributed by atoms with Gasteiger partial charge < -0.3 is 4.57 Å². The minimum atomic E-state index is -5.15. The molecule has 122 valence electrons. The standard InChI is InChI=1S/C13H7F6N3O/c14-12(15,16)9-5-4-8(7-20-9)22-6-2-1-3-10(22)21-11(23)13(17,18)19/h1-7H/b21-10+.